The molecule has 0 amide bonds. The molecule has 16 heavy (non-hydrogen) atoms. The van der Waals surface area contributed by atoms with Gasteiger partial charge in [0.15, 0.2) is 14.9 Å². The van der Waals surface area contributed by atoms with Crippen molar-refractivity contribution >= 4 is 21.4 Å². The van der Waals surface area contributed by atoms with E-state index in [1.165, 1.54) is 0 Å². The van der Waals surface area contributed by atoms with Gasteiger partial charge in [0.05, 0.1) is 5.56 Å². The summed E-state index contributed by atoms with van der Waals surface area (Å²) in [4.78, 5) is 11.6. The van der Waals surface area contributed by atoms with E-state index in [1.54, 1.807) is 24.3 Å². The normalized spacial score (nSPS) is 11.6. The summed E-state index contributed by atoms with van der Waals surface area (Å²) in [5, 5.41) is -0.00583. The maximum atomic E-state index is 11.6. The fraction of sp³-hybridized carbons (Fsp3) is 0.100. The van der Waals surface area contributed by atoms with Crippen LogP contribution >= 0.6 is 11.5 Å². The first-order chi connectivity index (χ1) is 7.50. The first kappa shape index (κ1) is 11.1. The second-order valence-electron chi connectivity index (χ2n) is 3.33. The highest BCUT2D eigenvalue weighted by Gasteiger charge is 2.20. The van der Waals surface area contributed by atoms with Crippen molar-refractivity contribution in [3.8, 4) is 11.1 Å². The Balaban J connectivity index is 2.76. The third-order valence-corrected chi connectivity index (χ3v) is 3.97. The van der Waals surface area contributed by atoms with E-state index >= 15 is 0 Å². The maximum Gasteiger partial charge on any atom is 0.258 e. The van der Waals surface area contributed by atoms with Gasteiger partial charge < -0.3 is 0 Å². The molecule has 6 heteroatoms. The molecule has 0 saturated carbocycles. The zero-order valence-corrected chi connectivity index (χ0v) is 10.1. The lowest BCUT2D eigenvalue weighted by Gasteiger charge is -1.99. The van der Waals surface area contributed by atoms with Crippen LogP contribution in [0.4, 0.5) is 0 Å². The average Bonchev–Trinajstić information content (AvgIpc) is 2.61. The topological polar surface area (TPSA) is 67.0 Å². The Labute approximate surface area is 96.6 Å². The largest absolute Gasteiger partial charge is 0.298 e. The molecular formula is C10H9NO3S2. The second kappa shape index (κ2) is 3.88. The van der Waals surface area contributed by atoms with E-state index in [9.17, 15) is 13.2 Å². The van der Waals surface area contributed by atoms with Gasteiger partial charge >= 0.3 is 0 Å². The third kappa shape index (κ3) is 1.94. The standard InChI is InChI=1S/C10H9NO3S2/c1-16(13,14)9-8(10(12)15-11-9)7-5-3-2-4-6-7/h2-6,11H,1H3. The second-order valence-corrected chi connectivity index (χ2v) is 6.07. The predicted molar refractivity (Wildman–Crippen MR) is 63.5 cm³/mol. The van der Waals surface area contributed by atoms with E-state index in [2.05, 4.69) is 4.37 Å². The van der Waals surface area contributed by atoms with Gasteiger partial charge in [-0.25, -0.2) is 8.42 Å². The Morgan fingerprint density at radius 1 is 1.19 bits per heavy atom. The van der Waals surface area contributed by atoms with Gasteiger partial charge in [0.1, 0.15) is 0 Å². The molecule has 1 heterocycles. The zero-order valence-electron chi connectivity index (χ0n) is 8.43. The maximum absolute atomic E-state index is 11.6. The number of aromatic nitrogens is 1. The minimum absolute atomic E-state index is 0.00583. The molecule has 0 saturated heterocycles. The fourth-order valence-corrected chi connectivity index (χ4v) is 3.39. The molecule has 0 aliphatic heterocycles. The van der Waals surface area contributed by atoms with Crippen molar-refractivity contribution in [3.63, 3.8) is 0 Å². The number of rotatable bonds is 2. The van der Waals surface area contributed by atoms with Gasteiger partial charge in [-0.15, -0.1) is 0 Å². The van der Waals surface area contributed by atoms with Crippen molar-refractivity contribution in [2.45, 2.75) is 5.03 Å². The highest BCUT2D eigenvalue weighted by Crippen LogP contribution is 2.23. The molecule has 1 N–H and O–H groups in total. The van der Waals surface area contributed by atoms with Crippen LogP contribution in [0.1, 0.15) is 0 Å². The van der Waals surface area contributed by atoms with Crippen LogP contribution in [-0.2, 0) is 9.84 Å². The Morgan fingerprint density at radius 2 is 1.81 bits per heavy atom. The Morgan fingerprint density at radius 3 is 2.38 bits per heavy atom. The van der Waals surface area contributed by atoms with Gasteiger partial charge in [0.25, 0.3) is 4.74 Å². The lowest BCUT2D eigenvalue weighted by Crippen LogP contribution is -2.03. The van der Waals surface area contributed by atoms with Crippen molar-refractivity contribution in [1.82, 2.24) is 4.37 Å². The Kier molecular flexibility index (Phi) is 2.69. The lowest BCUT2D eigenvalue weighted by molar-refractivity contribution is 0.600. The van der Waals surface area contributed by atoms with Gasteiger partial charge in [0.2, 0.25) is 0 Å². The Hall–Kier alpha value is -1.40. The smallest absolute Gasteiger partial charge is 0.258 e. The zero-order chi connectivity index (χ0) is 11.8. The molecule has 0 spiro atoms. The summed E-state index contributed by atoms with van der Waals surface area (Å²) in [7, 11) is -3.41. The van der Waals surface area contributed by atoms with E-state index in [1.807, 2.05) is 6.07 Å². The number of hydrogen-bond acceptors (Lipinski definition) is 4. The molecule has 1 aromatic carbocycles. The minimum Gasteiger partial charge on any atom is -0.298 e. The van der Waals surface area contributed by atoms with E-state index in [0.29, 0.717) is 5.56 Å². The number of aromatic amines is 1. The van der Waals surface area contributed by atoms with Gasteiger partial charge in [-0.05, 0) is 17.1 Å². The fourth-order valence-electron chi connectivity index (χ4n) is 1.40. The highest BCUT2D eigenvalue weighted by atomic mass is 32.2. The molecule has 0 aliphatic carbocycles. The molecule has 0 radical (unpaired) electrons. The summed E-state index contributed by atoms with van der Waals surface area (Å²) in [5.74, 6) is 0. The molecular weight excluding hydrogens is 246 g/mol. The highest BCUT2D eigenvalue weighted by molar-refractivity contribution is 7.90. The molecule has 0 fully saturated rings. The van der Waals surface area contributed by atoms with E-state index in [4.69, 9.17) is 0 Å². The average molecular weight is 255 g/mol. The quantitative estimate of drug-likeness (QED) is 0.884. The minimum atomic E-state index is -3.41. The number of hydrogen-bond donors (Lipinski definition) is 1. The van der Waals surface area contributed by atoms with Crippen LogP contribution in [0.3, 0.4) is 0 Å². The van der Waals surface area contributed by atoms with Crippen molar-refractivity contribution < 1.29 is 8.42 Å². The van der Waals surface area contributed by atoms with Crippen LogP contribution in [-0.4, -0.2) is 19.0 Å². The van der Waals surface area contributed by atoms with Gasteiger partial charge in [-0.3, -0.25) is 9.17 Å². The number of H-pyrrole nitrogens is 1. The monoisotopic (exact) mass is 255 g/mol. The van der Waals surface area contributed by atoms with Gasteiger partial charge in [-0.1, -0.05) is 30.3 Å². The van der Waals surface area contributed by atoms with Crippen molar-refractivity contribution in [1.29, 1.82) is 0 Å². The van der Waals surface area contributed by atoms with Crippen molar-refractivity contribution in [3.05, 3.63) is 39.9 Å². The van der Waals surface area contributed by atoms with Gasteiger partial charge in [0, 0.05) is 6.26 Å². The van der Waals surface area contributed by atoms with Crippen LogP contribution in [0.5, 0.6) is 0 Å². The summed E-state index contributed by atoms with van der Waals surface area (Å²) in [6, 6.07) is 8.76. The van der Waals surface area contributed by atoms with Crippen LogP contribution in [0.25, 0.3) is 11.1 Å². The van der Waals surface area contributed by atoms with E-state index in [0.717, 1.165) is 17.8 Å². The summed E-state index contributed by atoms with van der Waals surface area (Å²) in [5.41, 5.74) is 0.846. The lowest BCUT2D eigenvalue weighted by atomic mass is 10.1. The molecule has 0 aliphatic rings. The molecule has 2 aromatic rings. The molecule has 4 nitrogen and oxygen atoms in total. The Bertz CT molecular complexity index is 653. The predicted octanol–water partition coefficient (Wildman–Crippen LogP) is 1.51. The SMILES string of the molecule is CS(=O)(=O)c1[nH]sc(=O)c1-c1ccccc1. The first-order valence-electron chi connectivity index (χ1n) is 4.47. The molecule has 2 rings (SSSR count). The van der Waals surface area contributed by atoms with Crippen LogP contribution in [0, 0.1) is 0 Å². The van der Waals surface area contributed by atoms with Crippen LogP contribution in [0.15, 0.2) is 40.2 Å². The number of benzene rings is 1. The molecule has 0 atom stereocenters. The summed E-state index contributed by atoms with van der Waals surface area (Å²) in [6.45, 7) is 0. The third-order valence-electron chi connectivity index (χ3n) is 2.10. The number of sulfone groups is 1. The van der Waals surface area contributed by atoms with E-state index < -0.39 is 9.84 Å². The van der Waals surface area contributed by atoms with Gasteiger partial charge in [-0.2, -0.15) is 0 Å². The van der Waals surface area contributed by atoms with Crippen LogP contribution in [0.2, 0.25) is 0 Å². The van der Waals surface area contributed by atoms with Crippen molar-refractivity contribution in [2.75, 3.05) is 6.26 Å². The molecule has 84 valence electrons. The van der Waals surface area contributed by atoms with Crippen LogP contribution < -0.4 is 4.74 Å². The summed E-state index contributed by atoms with van der Waals surface area (Å²) >= 11 is 0.793. The molecule has 0 bridgehead atoms. The van der Waals surface area contributed by atoms with E-state index in [-0.39, 0.29) is 15.3 Å². The molecule has 1 aromatic heterocycles. The first-order valence-corrected chi connectivity index (χ1v) is 7.18. The summed E-state index contributed by atoms with van der Waals surface area (Å²) in [6.07, 6.45) is 1.08. The van der Waals surface area contributed by atoms with Crippen molar-refractivity contribution in [2.24, 2.45) is 0 Å². The molecule has 0 unspecified atom stereocenters. The number of nitrogens with one attached hydrogen (secondary N) is 1. The summed E-state index contributed by atoms with van der Waals surface area (Å²) < 4.78 is 25.2.